The van der Waals surface area contributed by atoms with Gasteiger partial charge in [-0.05, 0) is 37.3 Å². The summed E-state index contributed by atoms with van der Waals surface area (Å²) < 4.78 is 6.99. The number of amides is 1. The Morgan fingerprint density at radius 2 is 1.88 bits per heavy atom. The summed E-state index contributed by atoms with van der Waals surface area (Å²) in [6, 6.07) is 16.5. The number of pyridine rings is 1. The summed E-state index contributed by atoms with van der Waals surface area (Å²) >= 11 is 1.36. The molecule has 0 bridgehead atoms. The van der Waals surface area contributed by atoms with E-state index in [0.29, 0.717) is 12.3 Å². The van der Waals surface area contributed by atoms with Crippen LogP contribution in [-0.4, -0.2) is 22.8 Å². The molecule has 0 aliphatic carbocycles. The Morgan fingerprint density at radius 3 is 2.62 bits per heavy atom. The molecule has 2 aromatic carbocycles. The van der Waals surface area contributed by atoms with E-state index in [-0.39, 0.29) is 17.2 Å². The number of carbonyl (C=O) groups is 1. The van der Waals surface area contributed by atoms with Gasteiger partial charge in [-0.15, -0.1) is 11.8 Å². The lowest BCUT2D eigenvalue weighted by Crippen LogP contribution is -2.17. The molecule has 0 unspecified atom stereocenters. The van der Waals surface area contributed by atoms with E-state index in [0.717, 1.165) is 21.5 Å². The van der Waals surface area contributed by atoms with Crippen LogP contribution in [0.1, 0.15) is 6.92 Å². The first kappa shape index (κ1) is 18.1. The summed E-state index contributed by atoms with van der Waals surface area (Å²) in [5, 5.41) is 3.82. The molecule has 1 aromatic heterocycles. The van der Waals surface area contributed by atoms with Gasteiger partial charge in [0.2, 0.25) is 5.91 Å². The monoisotopic (exact) mass is 368 g/mol. The van der Waals surface area contributed by atoms with Gasteiger partial charge in [0.15, 0.2) is 0 Å². The lowest BCUT2D eigenvalue weighted by molar-refractivity contribution is -0.113. The van der Waals surface area contributed by atoms with Gasteiger partial charge in [-0.25, -0.2) is 0 Å². The Hall–Kier alpha value is -2.73. The molecule has 0 atom stereocenters. The summed E-state index contributed by atoms with van der Waals surface area (Å²) in [5.41, 5.74) is 1.49. The number of para-hydroxylation sites is 1. The van der Waals surface area contributed by atoms with Gasteiger partial charge in [-0.3, -0.25) is 9.59 Å². The van der Waals surface area contributed by atoms with Gasteiger partial charge in [0.05, 0.1) is 17.9 Å². The molecule has 0 aliphatic heterocycles. The number of ether oxygens (including phenoxy) is 1. The summed E-state index contributed by atoms with van der Waals surface area (Å²) in [6.07, 6.45) is 0. The van der Waals surface area contributed by atoms with Crippen LogP contribution in [0.25, 0.3) is 10.9 Å². The number of hydrogen-bond acceptors (Lipinski definition) is 4. The second-order valence-corrected chi connectivity index (χ2v) is 6.73. The molecule has 0 spiro atoms. The molecule has 0 saturated heterocycles. The first-order chi connectivity index (χ1) is 12.6. The molecule has 26 heavy (non-hydrogen) atoms. The zero-order chi connectivity index (χ0) is 18.5. The molecule has 1 amide bonds. The van der Waals surface area contributed by atoms with Crippen molar-refractivity contribution in [2.45, 2.75) is 11.8 Å². The minimum Gasteiger partial charge on any atom is -0.494 e. The molecular weight excluding hydrogens is 348 g/mol. The molecule has 134 valence electrons. The number of benzene rings is 2. The highest BCUT2D eigenvalue weighted by molar-refractivity contribution is 8.00. The molecule has 0 aliphatic rings. The van der Waals surface area contributed by atoms with Crippen LogP contribution in [0.4, 0.5) is 5.69 Å². The molecule has 6 heteroatoms. The Morgan fingerprint density at radius 1 is 1.15 bits per heavy atom. The molecule has 3 rings (SSSR count). The van der Waals surface area contributed by atoms with Crippen LogP contribution in [0.5, 0.6) is 5.75 Å². The fraction of sp³-hybridized carbons (Fsp3) is 0.200. The van der Waals surface area contributed by atoms with E-state index in [1.807, 2.05) is 43.3 Å². The van der Waals surface area contributed by atoms with Crippen LogP contribution in [0.15, 0.2) is 64.3 Å². The third-order valence-electron chi connectivity index (χ3n) is 3.92. The third kappa shape index (κ3) is 4.08. The Kier molecular flexibility index (Phi) is 5.63. The van der Waals surface area contributed by atoms with E-state index >= 15 is 0 Å². The number of carbonyl (C=O) groups excluding carboxylic acids is 1. The highest BCUT2D eigenvalue weighted by Crippen LogP contribution is 2.26. The molecule has 3 aromatic rings. The first-order valence-corrected chi connectivity index (χ1v) is 9.31. The molecule has 1 heterocycles. The minimum atomic E-state index is -0.121. The predicted molar refractivity (Wildman–Crippen MR) is 106 cm³/mol. The van der Waals surface area contributed by atoms with Crippen LogP contribution in [0, 0.1) is 0 Å². The number of anilines is 1. The molecule has 5 nitrogen and oxygen atoms in total. The van der Waals surface area contributed by atoms with Crippen molar-refractivity contribution in [3.8, 4) is 5.75 Å². The van der Waals surface area contributed by atoms with Crippen molar-refractivity contribution in [3.05, 3.63) is 65.0 Å². The number of aromatic nitrogens is 1. The topological polar surface area (TPSA) is 60.3 Å². The van der Waals surface area contributed by atoms with Gasteiger partial charge in [-0.2, -0.15) is 0 Å². The normalized spacial score (nSPS) is 10.7. The van der Waals surface area contributed by atoms with Gasteiger partial charge in [0, 0.05) is 29.1 Å². The van der Waals surface area contributed by atoms with Gasteiger partial charge >= 0.3 is 0 Å². The van der Waals surface area contributed by atoms with E-state index in [9.17, 15) is 9.59 Å². The van der Waals surface area contributed by atoms with Crippen molar-refractivity contribution < 1.29 is 9.53 Å². The number of nitrogens with one attached hydrogen (secondary N) is 1. The summed E-state index contributed by atoms with van der Waals surface area (Å²) in [5.74, 6) is 0.875. The van der Waals surface area contributed by atoms with Crippen molar-refractivity contribution in [1.29, 1.82) is 0 Å². The summed E-state index contributed by atoms with van der Waals surface area (Å²) in [6.45, 7) is 2.53. The van der Waals surface area contributed by atoms with E-state index < -0.39 is 0 Å². The molecule has 0 saturated carbocycles. The van der Waals surface area contributed by atoms with Gasteiger partial charge < -0.3 is 14.6 Å². The maximum atomic E-state index is 12.2. The zero-order valence-electron chi connectivity index (χ0n) is 14.7. The van der Waals surface area contributed by atoms with Crippen LogP contribution in [-0.2, 0) is 11.8 Å². The fourth-order valence-electron chi connectivity index (χ4n) is 2.64. The van der Waals surface area contributed by atoms with E-state index in [4.69, 9.17) is 4.74 Å². The fourth-order valence-corrected chi connectivity index (χ4v) is 3.51. The van der Waals surface area contributed by atoms with E-state index in [2.05, 4.69) is 5.32 Å². The second-order valence-electron chi connectivity index (χ2n) is 5.72. The number of nitrogens with zero attached hydrogens (tertiary/aromatic N) is 1. The van der Waals surface area contributed by atoms with Crippen molar-refractivity contribution >= 4 is 34.3 Å². The Bertz CT molecular complexity index is 981. The highest BCUT2D eigenvalue weighted by atomic mass is 32.2. The number of aryl methyl sites for hydroxylation is 1. The summed E-state index contributed by atoms with van der Waals surface area (Å²) in [4.78, 5) is 25.2. The molecule has 1 N–H and O–H groups in total. The van der Waals surface area contributed by atoms with Crippen molar-refractivity contribution in [1.82, 2.24) is 4.57 Å². The lowest BCUT2D eigenvalue weighted by atomic mass is 10.2. The van der Waals surface area contributed by atoms with Crippen LogP contribution in [0.2, 0.25) is 0 Å². The Labute approximate surface area is 156 Å². The minimum absolute atomic E-state index is 0.0851. The maximum absolute atomic E-state index is 12.2. The first-order valence-electron chi connectivity index (χ1n) is 8.33. The molecule has 0 fully saturated rings. The average molecular weight is 368 g/mol. The molecule has 0 radical (unpaired) electrons. The van der Waals surface area contributed by atoms with Crippen molar-refractivity contribution in [2.24, 2.45) is 7.05 Å². The average Bonchev–Trinajstić information content (AvgIpc) is 2.65. The van der Waals surface area contributed by atoms with E-state index in [1.54, 1.807) is 29.8 Å². The summed E-state index contributed by atoms with van der Waals surface area (Å²) in [7, 11) is 1.75. The number of hydrogen-bond donors (Lipinski definition) is 1. The largest absolute Gasteiger partial charge is 0.494 e. The van der Waals surface area contributed by atoms with Crippen molar-refractivity contribution in [2.75, 3.05) is 17.7 Å². The predicted octanol–water partition coefficient (Wildman–Crippen LogP) is 3.67. The third-order valence-corrected chi connectivity index (χ3v) is 4.98. The van der Waals surface area contributed by atoms with E-state index in [1.165, 1.54) is 11.8 Å². The quantitative estimate of drug-likeness (QED) is 0.675. The van der Waals surface area contributed by atoms with Crippen LogP contribution < -0.4 is 15.6 Å². The van der Waals surface area contributed by atoms with Gasteiger partial charge in [0.1, 0.15) is 5.75 Å². The van der Waals surface area contributed by atoms with Gasteiger partial charge in [0.25, 0.3) is 5.56 Å². The maximum Gasteiger partial charge on any atom is 0.251 e. The number of rotatable bonds is 6. The SMILES string of the molecule is CCOc1ccc(NC(=O)CSc2cc(=O)n(C)c3ccccc23)cc1. The Balaban J connectivity index is 1.69. The smallest absolute Gasteiger partial charge is 0.251 e. The number of fused-ring (bicyclic) bond motifs is 1. The number of thioether (sulfide) groups is 1. The standard InChI is InChI=1S/C20H20N2O3S/c1-3-25-15-10-8-14(9-11-15)21-19(23)13-26-18-12-20(24)22(2)17-7-5-4-6-16(17)18/h4-12H,3,13H2,1-2H3,(H,21,23). The lowest BCUT2D eigenvalue weighted by Gasteiger charge is -2.10. The second kappa shape index (κ2) is 8.10. The van der Waals surface area contributed by atoms with Crippen molar-refractivity contribution in [3.63, 3.8) is 0 Å². The van der Waals surface area contributed by atoms with Gasteiger partial charge in [-0.1, -0.05) is 18.2 Å². The zero-order valence-corrected chi connectivity index (χ0v) is 15.5. The van der Waals surface area contributed by atoms with Crippen LogP contribution in [0.3, 0.4) is 0 Å². The highest BCUT2D eigenvalue weighted by Gasteiger charge is 2.09. The molecular formula is C20H20N2O3S. The van der Waals surface area contributed by atoms with Crippen LogP contribution >= 0.6 is 11.8 Å².